The zero-order valence-electron chi connectivity index (χ0n) is 14.9. The number of nitrogens with zero attached hydrogens (tertiary/aromatic N) is 2. The maximum atomic E-state index is 11.9. The lowest BCUT2D eigenvalue weighted by Gasteiger charge is -2.17. The Balaban J connectivity index is 5.32. The zero-order valence-corrected chi connectivity index (χ0v) is 14.9. The molecule has 0 aromatic heterocycles. The van der Waals surface area contributed by atoms with E-state index in [0.29, 0.717) is 12.0 Å². The van der Waals surface area contributed by atoms with Gasteiger partial charge < -0.3 is 15.5 Å². The standard InChI is InChI=1S/C17H26N4O3/c1-7-17(3,4)9-14(19-12-18-5)8-15(11-22)20-16(24)10-21(6)13(2)23/h7-9,11-12H,1,10H2,2-6H3,(H,18,19)(H,20,24)/b14-9+,15-8-. The van der Waals surface area contributed by atoms with E-state index >= 15 is 0 Å². The fraction of sp³-hybridized carbons (Fsp3) is 0.412. The van der Waals surface area contributed by atoms with Crippen LogP contribution in [0.25, 0.3) is 0 Å². The van der Waals surface area contributed by atoms with Gasteiger partial charge in [-0.05, 0) is 6.08 Å². The number of allylic oxidation sites excluding steroid dienone is 4. The highest BCUT2D eigenvalue weighted by Gasteiger charge is 2.12. The molecule has 0 aromatic carbocycles. The molecule has 0 bridgehead atoms. The van der Waals surface area contributed by atoms with E-state index in [0.717, 1.165) is 0 Å². The first-order valence-corrected chi connectivity index (χ1v) is 7.37. The highest BCUT2D eigenvalue weighted by molar-refractivity contribution is 5.89. The summed E-state index contributed by atoms with van der Waals surface area (Å²) in [5, 5.41) is 5.40. The van der Waals surface area contributed by atoms with Gasteiger partial charge in [0.25, 0.3) is 0 Å². The molecular formula is C17H26N4O3. The van der Waals surface area contributed by atoms with Crippen molar-refractivity contribution in [2.24, 2.45) is 10.4 Å². The van der Waals surface area contributed by atoms with E-state index in [2.05, 4.69) is 22.2 Å². The van der Waals surface area contributed by atoms with E-state index in [1.54, 1.807) is 13.1 Å². The lowest BCUT2D eigenvalue weighted by atomic mass is 9.92. The van der Waals surface area contributed by atoms with E-state index in [9.17, 15) is 14.4 Å². The number of likely N-dealkylation sites (N-methyl/N-ethyl adjacent to an activating group) is 1. The van der Waals surface area contributed by atoms with E-state index in [4.69, 9.17) is 0 Å². The molecule has 0 rings (SSSR count). The number of hydrogen-bond acceptors (Lipinski definition) is 4. The Bertz CT molecular complexity index is 574. The van der Waals surface area contributed by atoms with Crippen LogP contribution in [-0.2, 0) is 14.4 Å². The molecule has 0 unspecified atom stereocenters. The van der Waals surface area contributed by atoms with Crippen LogP contribution in [0.15, 0.2) is 41.2 Å². The van der Waals surface area contributed by atoms with Gasteiger partial charge in [-0.1, -0.05) is 26.0 Å². The van der Waals surface area contributed by atoms with Crippen molar-refractivity contribution in [3.63, 3.8) is 0 Å². The predicted octanol–water partition coefficient (Wildman–Crippen LogP) is 1.01. The van der Waals surface area contributed by atoms with E-state index in [1.165, 1.54) is 31.3 Å². The molecule has 0 aliphatic heterocycles. The Labute approximate surface area is 143 Å². The predicted molar refractivity (Wildman–Crippen MR) is 95.2 cm³/mol. The molecule has 0 fully saturated rings. The third kappa shape index (κ3) is 8.67. The van der Waals surface area contributed by atoms with Gasteiger partial charge in [-0.3, -0.25) is 19.4 Å². The summed E-state index contributed by atoms with van der Waals surface area (Å²) in [4.78, 5) is 39.3. The van der Waals surface area contributed by atoms with E-state index in [1.807, 2.05) is 19.9 Å². The molecule has 0 saturated heterocycles. The van der Waals surface area contributed by atoms with Crippen LogP contribution in [0.3, 0.4) is 0 Å². The molecule has 7 nitrogen and oxygen atoms in total. The Hall–Kier alpha value is -2.70. The van der Waals surface area contributed by atoms with Gasteiger partial charge in [0, 0.05) is 32.1 Å². The number of amides is 2. The molecule has 0 heterocycles. The van der Waals surface area contributed by atoms with Crippen LogP contribution >= 0.6 is 0 Å². The van der Waals surface area contributed by atoms with Crippen LogP contribution in [0.2, 0.25) is 0 Å². The number of aldehydes is 1. The minimum Gasteiger partial charge on any atom is -0.347 e. The molecule has 0 atom stereocenters. The number of rotatable bonds is 9. The summed E-state index contributed by atoms with van der Waals surface area (Å²) >= 11 is 0. The van der Waals surface area contributed by atoms with E-state index in [-0.39, 0.29) is 23.6 Å². The number of aliphatic imine (C=N–C) groups is 1. The highest BCUT2D eigenvalue weighted by Crippen LogP contribution is 2.20. The minimum atomic E-state index is -0.461. The number of carbonyl (C=O) groups is 3. The van der Waals surface area contributed by atoms with Gasteiger partial charge in [0.15, 0.2) is 6.29 Å². The molecule has 0 aliphatic rings. The van der Waals surface area contributed by atoms with Crippen LogP contribution in [-0.4, -0.2) is 50.0 Å². The molecule has 0 radical (unpaired) electrons. The monoisotopic (exact) mass is 334 g/mol. The largest absolute Gasteiger partial charge is 0.347 e. The Morgan fingerprint density at radius 1 is 1.29 bits per heavy atom. The maximum absolute atomic E-state index is 11.9. The van der Waals surface area contributed by atoms with Crippen molar-refractivity contribution in [1.29, 1.82) is 0 Å². The summed E-state index contributed by atoms with van der Waals surface area (Å²) < 4.78 is 0. The summed E-state index contributed by atoms with van der Waals surface area (Å²) in [6.07, 6.45) is 7.09. The summed E-state index contributed by atoms with van der Waals surface area (Å²) in [5.74, 6) is -0.700. The van der Waals surface area contributed by atoms with Gasteiger partial charge >= 0.3 is 0 Å². The van der Waals surface area contributed by atoms with Gasteiger partial charge in [-0.25, -0.2) is 0 Å². The smallest absolute Gasteiger partial charge is 0.244 e. The molecule has 7 heteroatoms. The third-order valence-electron chi connectivity index (χ3n) is 3.05. The summed E-state index contributed by atoms with van der Waals surface area (Å²) in [6.45, 7) is 8.87. The van der Waals surface area contributed by atoms with E-state index < -0.39 is 5.91 Å². The van der Waals surface area contributed by atoms with Crippen molar-refractivity contribution in [2.45, 2.75) is 20.8 Å². The van der Waals surface area contributed by atoms with Gasteiger partial charge in [0.05, 0.1) is 18.6 Å². The lowest BCUT2D eigenvalue weighted by molar-refractivity contribution is -0.132. The van der Waals surface area contributed by atoms with Gasteiger partial charge in [0.1, 0.15) is 0 Å². The van der Waals surface area contributed by atoms with Crippen LogP contribution < -0.4 is 10.6 Å². The van der Waals surface area contributed by atoms with Gasteiger partial charge in [0.2, 0.25) is 11.8 Å². The Morgan fingerprint density at radius 3 is 2.38 bits per heavy atom. The van der Waals surface area contributed by atoms with Gasteiger partial charge in [-0.15, -0.1) is 6.58 Å². The second-order valence-electron chi connectivity index (χ2n) is 5.80. The van der Waals surface area contributed by atoms with Crippen LogP contribution in [0.1, 0.15) is 20.8 Å². The SMILES string of the molecule is C=CC(C)(C)/C=C(\C=C(\C=O)NC(=O)CN(C)C(C)=O)NC=NC. The van der Waals surface area contributed by atoms with Gasteiger partial charge in [-0.2, -0.15) is 0 Å². The molecule has 132 valence electrons. The van der Waals surface area contributed by atoms with Crippen LogP contribution in [0, 0.1) is 5.41 Å². The maximum Gasteiger partial charge on any atom is 0.244 e. The van der Waals surface area contributed by atoms with Crippen molar-refractivity contribution in [3.8, 4) is 0 Å². The first-order chi connectivity index (χ1) is 11.1. The summed E-state index contributed by atoms with van der Waals surface area (Å²) in [5.41, 5.74) is 0.320. The molecule has 24 heavy (non-hydrogen) atoms. The summed E-state index contributed by atoms with van der Waals surface area (Å²) in [6, 6.07) is 0. The quantitative estimate of drug-likeness (QED) is 0.164. The van der Waals surface area contributed by atoms with Crippen LogP contribution in [0.5, 0.6) is 0 Å². The molecule has 0 saturated carbocycles. The third-order valence-corrected chi connectivity index (χ3v) is 3.05. The number of carbonyl (C=O) groups excluding carboxylic acids is 3. The Morgan fingerprint density at radius 2 is 1.92 bits per heavy atom. The minimum absolute atomic E-state index is 0.0695. The first kappa shape index (κ1) is 21.3. The zero-order chi connectivity index (χ0) is 18.8. The molecular weight excluding hydrogens is 308 g/mol. The van der Waals surface area contributed by atoms with Crippen molar-refractivity contribution < 1.29 is 14.4 Å². The number of hydrogen-bond donors (Lipinski definition) is 2. The van der Waals surface area contributed by atoms with Crippen molar-refractivity contribution >= 4 is 24.4 Å². The Kier molecular flexibility index (Phi) is 9.00. The first-order valence-electron chi connectivity index (χ1n) is 7.37. The molecule has 2 N–H and O–H groups in total. The fourth-order valence-electron chi connectivity index (χ4n) is 1.52. The lowest BCUT2D eigenvalue weighted by Crippen LogP contribution is -2.37. The topological polar surface area (TPSA) is 90.9 Å². The highest BCUT2D eigenvalue weighted by atomic mass is 16.2. The summed E-state index contributed by atoms with van der Waals surface area (Å²) in [7, 11) is 3.11. The van der Waals surface area contributed by atoms with Crippen LogP contribution in [0.4, 0.5) is 0 Å². The van der Waals surface area contributed by atoms with Crippen molar-refractivity contribution in [3.05, 3.63) is 36.2 Å². The average Bonchev–Trinajstić information content (AvgIpc) is 2.51. The second kappa shape index (κ2) is 10.1. The second-order valence-corrected chi connectivity index (χ2v) is 5.80. The average molecular weight is 334 g/mol. The molecule has 0 spiro atoms. The van der Waals surface area contributed by atoms with Crippen molar-refractivity contribution in [2.75, 3.05) is 20.6 Å². The fourth-order valence-corrected chi connectivity index (χ4v) is 1.52. The molecule has 0 aliphatic carbocycles. The molecule has 2 amide bonds. The number of nitrogens with one attached hydrogen (secondary N) is 2. The molecule has 0 aromatic rings. The normalized spacial score (nSPS) is 12.7. The van der Waals surface area contributed by atoms with Crippen molar-refractivity contribution in [1.82, 2.24) is 15.5 Å².